The van der Waals surface area contributed by atoms with Crippen molar-refractivity contribution in [3.63, 3.8) is 0 Å². The van der Waals surface area contributed by atoms with E-state index in [1.807, 2.05) is 13.0 Å². The van der Waals surface area contributed by atoms with Crippen LogP contribution in [0.3, 0.4) is 0 Å². The third-order valence-corrected chi connectivity index (χ3v) is 5.28. The highest BCUT2D eigenvalue weighted by molar-refractivity contribution is 7.13. The molecule has 2 aromatic rings. The van der Waals surface area contributed by atoms with Crippen molar-refractivity contribution in [3.05, 3.63) is 51.5 Å². The number of ether oxygens (including phenoxy) is 1. The molecule has 6 heteroatoms. The fraction of sp³-hybridized carbons (Fsp3) is 0.444. The van der Waals surface area contributed by atoms with E-state index in [2.05, 4.69) is 33.4 Å². The van der Waals surface area contributed by atoms with Gasteiger partial charge in [-0.2, -0.15) is 0 Å². The van der Waals surface area contributed by atoms with E-state index in [4.69, 9.17) is 4.74 Å². The fourth-order valence-electron chi connectivity index (χ4n) is 2.73. The topological polar surface area (TPSA) is 54.5 Å². The summed E-state index contributed by atoms with van der Waals surface area (Å²) in [5.74, 6) is -0.0478. The standard InChI is InChI=1S/C18H23N3O2S/c1-2-17-19-12-16(24-17)18(22)20-11-14-5-3-4-6-15(14)13-21-7-9-23-10-8-21/h3-6,12H,2,7-11,13H2,1H3,(H,20,22). The summed E-state index contributed by atoms with van der Waals surface area (Å²) in [6, 6.07) is 8.29. The number of rotatable bonds is 6. The lowest BCUT2D eigenvalue weighted by Gasteiger charge is -2.27. The molecule has 0 saturated carbocycles. The molecule has 0 atom stereocenters. The predicted molar refractivity (Wildman–Crippen MR) is 95.2 cm³/mol. The van der Waals surface area contributed by atoms with Crippen molar-refractivity contribution < 1.29 is 9.53 Å². The van der Waals surface area contributed by atoms with Crippen LogP contribution in [0.1, 0.15) is 32.7 Å². The van der Waals surface area contributed by atoms with Gasteiger partial charge >= 0.3 is 0 Å². The van der Waals surface area contributed by atoms with Gasteiger partial charge in [-0.05, 0) is 17.5 Å². The zero-order valence-corrected chi connectivity index (χ0v) is 14.8. The second-order valence-electron chi connectivity index (χ2n) is 5.81. The summed E-state index contributed by atoms with van der Waals surface area (Å²) in [5, 5.41) is 4.01. The third kappa shape index (κ3) is 4.41. The summed E-state index contributed by atoms with van der Waals surface area (Å²) in [6.07, 6.45) is 2.53. The summed E-state index contributed by atoms with van der Waals surface area (Å²) in [7, 11) is 0. The highest BCUT2D eigenvalue weighted by Crippen LogP contribution is 2.15. The van der Waals surface area contributed by atoms with Crippen LogP contribution in [0.4, 0.5) is 0 Å². The number of benzene rings is 1. The molecule has 1 aliphatic rings. The molecule has 1 aromatic carbocycles. The van der Waals surface area contributed by atoms with Gasteiger partial charge in [0.1, 0.15) is 4.88 Å². The summed E-state index contributed by atoms with van der Waals surface area (Å²) < 4.78 is 5.40. The molecular formula is C18H23N3O2S. The van der Waals surface area contributed by atoms with Gasteiger partial charge in [0.25, 0.3) is 5.91 Å². The molecule has 1 amide bonds. The Morgan fingerprint density at radius 3 is 2.75 bits per heavy atom. The van der Waals surface area contributed by atoms with E-state index in [1.165, 1.54) is 16.9 Å². The van der Waals surface area contributed by atoms with Gasteiger partial charge in [-0.1, -0.05) is 31.2 Å². The van der Waals surface area contributed by atoms with Crippen molar-refractivity contribution in [2.24, 2.45) is 0 Å². The van der Waals surface area contributed by atoms with E-state index in [0.29, 0.717) is 11.4 Å². The second-order valence-corrected chi connectivity index (χ2v) is 6.93. The molecule has 1 N–H and O–H groups in total. The largest absolute Gasteiger partial charge is 0.379 e. The van der Waals surface area contributed by atoms with Crippen LogP contribution in [0.2, 0.25) is 0 Å². The number of hydrogen-bond donors (Lipinski definition) is 1. The minimum absolute atomic E-state index is 0.0478. The van der Waals surface area contributed by atoms with Crippen molar-refractivity contribution in [3.8, 4) is 0 Å². The van der Waals surface area contributed by atoms with Crippen molar-refractivity contribution in [2.75, 3.05) is 26.3 Å². The highest BCUT2D eigenvalue weighted by atomic mass is 32.1. The lowest BCUT2D eigenvalue weighted by Crippen LogP contribution is -2.36. The van der Waals surface area contributed by atoms with Gasteiger partial charge < -0.3 is 10.1 Å². The number of nitrogens with one attached hydrogen (secondary N) is 1. The van der Waals surface area contributed by atoms with Gasteiger partial charge in [-0.3, -0.25) is 9.69 Å². The fourth-order valence-corrected chi connectivity index (χ4v) is 3.50. The van der Waals surface area contributed by atoms with Gasteiger partial charge in [0.05, 0.1) is 24.4 Å². The van der Waals surface area contributed by atoms with Crippen LogP contribution in [0.15, 0.2) is 30.5 Å². The maximum absolute atomic E-state index is 12.3. The average molecular weight is 345 g/mol. The monoisotopic (exact) mass is 345 g/mol. The van der Waals surface area contributed by atoms with Crippen molar-refractivity contribution in [1.29, 1.82) is 0 Å². The zero-order valence-electron chi connectivity index (χ0n) is 14.0. The van der Waals surface area contributed by atoms with E-state index < -0.39 is 0 Å². The van der Waals surface area contributed by atoms with Gasteiger partial charge in [-0.25, -0.2) is 4.98 Å². The van der Waals surface area contributed by atoms with Crippen molar-refractivity contribution in [1.82, 2.24) is 15.2 Å². The maximum atomic E-state index is 12.3. The minimum Gasteiger partial charge on any atom is -0.379 e. The Bertz CT molecular complexity index is 680. The number of carbonyl (C=O) groups excluding carboxylic acids is 1. The predicted octanol–water partition coefficient (Wildman–Crippen LogP) is 2.47. The van der Waals surface area contributed by atoms with Crippen LogP contribution in [-0.2, 0) is 24.2 Å². The molecule has 1 aliphatic heterocycles. The zero-order chi connectivity index (χ0) is 16.8. The van der Waals surface area contributed by atoms with Crippen LogP contribution in [0, 0.1) is 0 Å². The van der Waals surface area contributed by atoms with E-state index >= 15 is 0 Å². The SMILES string of the molecule is CCc1ncc(C(=O)NCc2ccccc2CN2CCOCC2)s1. The molecule has 1 saturated heterocycles. The first-order valence-corrected chi connectivity index (χ1v) is 9.17. The molecule has 2 heterocycles. The van der Waals surface area contributed by atoms with Crippen molar-refractivity contribution in [2.45, 2.75) is 26.4 Å². The molecule has 128 valence electrons. The summed E-state index contributed by atoms with van der Waals surface area (Å²) in [5.41, 5.74) is 2.43. The molecule has 0 aliphatic carbocycles. The smallest absolute Gasteiger partial charge is 0.263 e. The Labute approximate surface area is 146 Å². The van der Waals surface area contributed by atoms with Crippen LogP contribution >= 0.6 is 11.3 Å². The Kier molecular flexibility index (Phi) is 5.96. The molecule has 0 spiro atoms. The normalized spacial score (nSPS) is 15.4. The number of morpholine rings is 1. The maximum Gasteiger partial charge on any atom is 0.263 e. The molecule has 5 nitrogen and oxygen atoms in total. The molecule has 0 unspecified atom stereocenters. The number of amides is 1. The summed E-state index contributed by atoms with van der Waals surface area (Å²) in [4.78, 5) is 19.6. The molecule has 24 heavy (non-hydrogen) atoms. The Morgan fingerprint density at radius 1 is 1.29 bits per heavy atom. The number of carbonyl (C=O) groups is 1. The first kappa shape index (κ1) is 17.1. The van der Waals surface area contributed by atoms with Crippen LogP contribution in [-0.4, -0.2) is 42.1 Å². The van der Waals surface area contributed by atoms with E-state index in [9.17, 15) is 4.79 Å². The number of nitrogens with zero attached hydrogens (tertiary/aromatic N) is 2. The molecule has 0 bridgehead atoms. The van der Waals surface area contributed by atoms with E-state index in [1.54, 1.807) is 6.20 Å². The second kappa shape index (κ2) is 8.37. The molecule has 1 aromatic heterocycles. The molecule has 3 rings (SSSR count). The van der Waals surface area contributed by atoms with Gasteiger partial charge in [-0.15, -0.1) is 11.3 Å². The first-order chi connectivity index (χ1) is 11.8. The Morgan fingerprint density at radius 2 is 2.04 bits per heavy atom. The van der Waals surface area contributed by atoms with E-state index in [0.717, 1.165) is 49.8 Å². The van der Waals surface area contributed by atoms with Gasteiger partial charge in [0.2, 0.25) is 0 Å². The molecule has 0 radical (unpaired) electrons. The molecule has 1 fully saturated rings. The number of hydrogen-bond acceptors (Lipinski definition) is 5. The lowest BCUT2D eigenvalue weighted by atomic mass is 10.1. The number of aromatic nitrogens is 1. The Hall–Kier alpha value is -1.76. The highest BCUT2D eigenvalue weighted by Gasteiger charge is 2.14. The minimum atomic E-state index is -0.0478. The van der Waals surface area contributed by atoms with Gasteiger partial charge in [0, 0.05) is 26.2 Å². The van der Waals surface area contributed by atoms with Crippen LogP contribution < -0.4 is 5.32 Å². The summed E-state index contributed by atoms with van der Waals surface area (Å²) in [6.45, 7) is 6.99. The van der Waals surface area contributed by atoms with Gasteiger partial charge in [0.15, 0.2) is 0 Å². The van der Waals surface area contributed by atoms with Crippen LogP contribution in [0.25, 0.3) is 0 Å². The quantitative estimate of drug-likeness (QED) is 0.874. The third-order valence-electron chi connectivity index (χ3n) is 4.14. The molecular weight excluding hydrogens is 322 g/mol. The Balaban J connectivity index is 1.61. The van der Waals surface area contributed by atoms with Crippen molar-refractivity contribution >= 4 is 17.2 Å². The summed E-state index contributed by atoms with van der Waals surface area (Å²) >= 11 is 1.46. The van der Waals surface area contributed by atoms with E-state index in [-0.39, 0.29) is 5.91 Å². The average Bonchev–Trinajstić information content (AvgIpc) is 3.11. The number of thiazole rings is 1. The van der Waals surface area contributed by atoms with Crippen LogP contribution in [0.5, 0.6) is 0 Å². The first-order valence-electron chi connectivity index (χ1n) is 8.36. The lowest BCUT2D eigenvalue weighted by molar-refractivity contribution is 0.0340. The number of aryl methyl sites for hydroxylation is 1.